The molecule has 0 bridgehead atoms. The van der Waals surface area contributed by atoms with Crippen molar-refractivity contribution in [1.82, 2.24) is 14.1 Å². The average Bonchev–Trinajstić information content (AvgIpc) is 3.39. The van der Waals surface area contributed by atoms with Gasteiger partial charge in [0.25, 0.3) is 0 Å². The van der Waals surface area contributed by atoms with Crippen molar-refractivity contribution < 1.29 is 13.2 Å². The standard InChI is InChI=1S/C20H24N4O3S/c1-15-19(16(2)24(22-15)17-6-4-3-5-7-17)18-12-27-11-10-23(18)28(25,26)14-20(13-21)8-9-20/h3-7,18H,8-12,14H2,1-2H3. The molecule has 8 heteroatoms. The van der Waals surface area contributed by atoms with Crippen LogP contribution in [0.2, 0.25) is 0 Å². The molecule has 1 saturated heterocycles. The average molecular weight is 401 g/mol. The number of para-hydroxylation sites is 1. The van der Waals surface area contributed by atoms with E-state index in [2.05, 4.69) is 11.2 Å². The van der Waals surface area contributed by atoms with Crippen LogP contribution in [0, 0.1) is 30.6 Å². The maximum Gasteiger partial charge on any atom is 0.216 e. The van der Waals surface area contributed by atoms with Crippen LogP contribution in [-0.4, -0.2) is 48.0 Å². The fourth-order valence-electron chi connectivity index (χ4n) is 3.98. The minimum atomic E-state index is -3.58. The number of morpholine rings is 1. The number of rotatable bonds is 5. The van der Waals surface area contributed by atoms with Gasteiger partial charge in [-0.15, -0.1) is 0 Å². The highest BCUT2D eigenvalue weighted by Gasteiger charge is 2.49. The lowest BCUT2D eigenvalue weighted by Gasteiger charge is -2.35. The Morgan fingerprint density at radius 3 is 2.64 bits per heavy atom. The van der Waals surface area contributed by atoms with E-state index in [9.17, 15) is 13.7 Å². The largest absolute Gasteiger partial charge is 0.378 e. The first-order chi connectivity index (χ1) is 13.4. The zero-order chi connectivity index (χ0) is 19.9. The number of benzene rings is 1. The Bertz CT molecular complexity index is 1020. The summed E-state index contributed by atoms with van der Waals surface area (Å²) < 4.78 is 35.4. The number of hydrogen-bond acceptors (Lipinski definition) is 5. The molecule has 2 aliphatic rings. The first-order valence-electron chi connectivity index (χ1n) is 9.47. The number of ether oxygens (including phenoxy) is 1. The summed E-state index contributed by atoms with van der Waals surface area (Å²) in [6, 6.07) is 11.6. The van der Waals surface area contributed by atoms with Crippen LogP contribution in [0.3, 0.4) is 0 Å². The van der Waals surface area contributed by atoms with E-state index in [0.717, 1.165) is 22.6 Å². The van der Waals surface area contributed by atoms with Crippen molar-refractivity contribution in [3.63, 3.8) is 0 Å². The highest BCUT2D eigenvalue weighted by atomic mass is 32.2. The van der Waals surface area contributed by atoms with E-state index in [-0.39, 0.29) is 5.75 Å². The second-order valence-electron chi connectivity index (χ2n) is 7.68. The van der Waals surface area contributed by atoms with Gasteiger partial charge in [-0.05, 0) is 38.8 Å². The molecule has 4 rings (SSSR count). The van der Waals surface area contributed by atoms with Crippen LogP contribution in [0.5, 0.6) is 0 Å². The Labute approximate surface area is 165 Å². The third-order valence-electron chi connectivity index (χ3n) is 5.67. The first kappa shape index (κ1) is 19.1. The van der Waals surface area contributed by atoms with E-state index in [0.29, 0.717) is 32.6 Å². The van der Waals surface area contributed by atoms with Crippen molar-refractivity contribution in [1.29, 1.82) is 5.26 Å². The lowest BCUT2D eigenvalue weighted by atomic mass is 10.0. The molecule has 1 aliphatic heterocycles. The Hall–Kier alpha value is -2.21. The van der Waals surface area contributed by atoms with Crippen molar-refractivity contribution in [2.24, 2.45) is 5.41 Å². The van der Waals surface area contributed by atoms with Crippen LogP contribution in [0.15, 0.2) is 30.3 Å². The van der Waals surface area contributed by atoms with E-state index in [1.165, 1.54) is 4.31 Å². The van der Waals surface area contributed by atoms with Crippen molar-refractivity contribution in [2.75, 3.05) is 25.5 Å². The molecule has 1 saturated carbocycles. The predicted molar refractivity (Wildman–Crippen MR) is 104 cm³/mol. The second kappa shape index (κ2) is 6.99. The number of sulfonamides is 1. The van der Waals surface area contributed by atoms with E-state index in [4.69, 9.17) is 4.74 Å². The second-order valence-corrected chi connectivity index (χ2v) is 9.60. The van der Waals surface area contributed by atoms with Crippen LogP contribution in [0.1, 0.15) is 35.8 Å². The monoisotopic (exact) mass is 400 g/mol. The van der Waals surface area contributed by atoms with Gasteiger partial charge in [0.2, 0.25) is 10.0 Å². The van der Waals surface area contributed by atoms with E-state index >= 15 is 0 Å². The number of hydrogen-bond donors (Lipinski definition) is 0. The van der Waals surface area contributed by atoms with Gasteiger partial charge in [0.1, 0.15) is 0 Å². The van der Waals surface area contributed by atoms with Crippen LogP contribution in [0.25, 0.3) is 5.69 Å². The van der Waals surface area contributed by atoms with Gasteiger partial charge in [-0.25, -0.2) is 13.1 Å². The Morgan fingerprint density at radius 2 is 2.00 bits per heavy atom. The maximum absolute atomic E-state index is 13.2. The summed E-state index contributed by atoms with van der Waals surface area (Å²) in [6.45, 7) is 4.81. The lowest BCUT2D eigenvalue weighted by Crippen LogP contribution is -2.45. The van der Waals surface area contributed by atoms with Gasteiger partial charge in [0, 0.05) is 17.8 Å². The van der Waals surface area contributed by atoms with Gasteiger partial charge < -0.3 is 4.74 Å². The van der Waals surface area contributed by atoms with Gasteiger partial charge in [-0.3, -0.25) is 0 Å². The third kappa shape index (κ3) is 3.34. The number of nitriles is 1. The van der Waals surface area contributed by atoms with Gasteiger partial charge in [-0.1, -0.05) is 18.2 Å². The third-order valence-corrected chi connectivity index (χ3v) is 7.74. The maximum atomic E-state index is 13.2. The quantitative estimate of drug-likeness (QED) is 0.769. The first-order valence-corrected chi connectivity index (χ1v) is 11.1. The Kier molecular flexibility index (Phi) is 4.78. The van der Waals surface area contributed by atoms with Crippen LogP contribution >= 0.6 is 0 Å². The molecule has 0 amide bonds. The molecule has 0 radical (unpaired) electrons. The summed E-state index contributed by atoms with van der Waals surface area (Å²) >= 11 is 0. The Morgan fingerprint density at radius 1 is 1.29 bits per heavy atom. The molecule has 1 atom stereocenters. The molecule has 28 heavy (non-hydrogen) atoms. The molecule has 2 aromatic rings. The number of aromatic nitrogens is 2. The normalized spacial score (nSPS) is 22.0. The molecule has 0 spiro atoms. The molecular weight excluding hydrogens is 376 g/mol. The van der Waals surface area contributed by atoms with Gasteiger partial charge in [-0.2, -0.15) is 14.7 Å². The van der Waals surface area contributed by atoms with Gasteiger partial charge >= 0.3 is 0 Å². The molecule has 1 aromatic carbocycles. The van der Waals surface area contributed by atoms with Crippen LogP contribution in [-0.2, 0) is 14.8 Å². The molecule has 148 valence electrons. The summed E-state index contributed by atoms with van der Waals surface area (Å²) in [5.41, 5.74) is 2.80. The van der Waals surface area contributed by atoms with E-state index in [1.807, 2.05) is 48.9 Å². The molecule has 1 aliphatic carbocycles. The molecule has 7 nitrogen and oxygen atoms in total. The van der Waals surface area contributed by atoms with Crippen LogP contribution in [0.4, 0.5) is 0 Å². The minimum absolute atomic E-state index is 0.113. The fraction of sp³-hybridized carbons (Fsp3) is 0.500. The smallest absolute Gasteiger partial charge is 0.216 e. The zero-order valence-corrected chi connectivity index (χ0v) is 16.9. The molecule has 2 fully saturated rings. The highest BCUT2D eigenvalue weighted by molar-refractivity contribution is 7.89. The lowest BCUT2D eigenvalue weighted by molar-refractivity contribution is 0.0315. The zero-order valence-electron chi connectivity index (χ0n) is 16.1. The highest BCUT2D eigenvalue weighted by Crippen LogP contribution is 2.47. The molecule has 1 unspecified atom stereocenters. The van der Waals surface area contributed by atoms with Crippen molar-refractivity contribution >= 4 is 10.0 Å². The molecule has 1 aromatic heterocycles. The Balaban J connectivity index is 1.71. The van der Waals surface area contributed by atoms with Gasteiger partial charge in [0.15, 0.2) is 0 Å². The van der Waals surface area contributed by atoms with Crippen LogP contribution < -0.4 is 0 Å². The summed E-state index contributed by atoms with van der Waals surface area (Å²) in [5.74, 6) is -0.113. The number of aryl methyl sites for hydroxylation is 1. The van der Waals surface area contributed by atoms with Crippen molar-refractivity contribution in [2.45, 2.75) is 32.7 Å². The number of nitrogens with zero attached hydrogens (tertiary/aromatic N) is 4. The predicted octanol–water partition coefficient (Wildman–Crippen LogP) is 2.50. The van der Waals surface area contributed by atoms with Crippen molar-refractivity contribution in [3.05, 3.63) is 47.3 Å². The molecule has 2 heterocycles. The van der Waals surface area contributed by atoms with Gasteiger partial charge in [0.05, 0.1) is 47.9 Å². The van der Waals surface area contributed by atoms with E-state index in [1.54, 1.807) is 0 Å². The topological polar surface area (TPSA) is 88.2 Å². The molecule has 0 N–H and O–H groups in total. The summed E-state index contributed by atoms with van der Waals surface area (Å²) in [6.07, 6.45) is 1.31. The summed E-state index contributed by atoms with van der Waals surface area (Å²) in [7, 11) is -3.58. The van der Waals surface area contributed by atoms with Crippen molar-refractivity contribution in [3.8, 4) is 11.8 Å². The molecular formula is C20H24N4O3S. The summed E-state index contributed by atoms with van der Waals surface area (Å²) in [5, 5.41) is 14.0. The SMILES string of the molecule is Cc1nn(-c2ccccc2)c(C)c1C1COCCN1S(=O)(=O)CC1(C#N)CC1. The fourth-order valence-corrected chi connectivity index (χ4v) is 6.10. The summed E-state index contributed by atoms with van der Waals surface area (Å²) in [4.78, 5) is 0. The minimum Gasteiger partial charge on any atom is -0.378 e. The van der Waals surface area contributed by atoms with E-state index < -0.39 is 21.5 Å².